The van der Waals surface area contributed by atoms with Crippen LogP contribution in [0.4, 0.5) is 11.4 Å². The first kappa shape index (κ1) is 24.0. The molecule has 0 aliphatic carbocycles. The Morgan fingerprint density at radius 3 is 2.30 bits per heavy atom. The zero-order valence-electron chi connectivity index (χ0n) is 18.8. The van der Waals surface area contributed by atoms with Crippen LogP contribution in [0.5, 0.6) is 0 Å². The predicted octanol–water partition coefficient (Wildman–Crippen LogP) is 4.58. The molecule has 0 unspecified atom stereocenters. The molecule has 0 radical (unpaired) electrons. The molecular weight excluding hydrogens is 438 g/mol. The van der Waals surface area contributed by atoms with Gasteiger partial charge in [0.25, 0.3) is 21.8 Å². The summed E-state index contributed by atoms with van der Waals surface area (Å²) >= 11 is 0. The second kappa shape index (κ2) is 10.3. The molecule has 0 aliphatic heterocycles. The van der Waals surface area contributed by atoms with E-state index in [9.17, 15) is 18.0 Å². The first-order valence-electron chi connectivity index (χ1n) is 10.6. The lowest BCUT2D eigenvalue weighted by Crippen LogP contribution is -2.32. The lowest BCUT2D eigenvalue weighted by Gasteiger charge is -2.15. The lowest BCUT2D eigenvalue weighted by molar-refractivity contribution is 0.0940. The van der Waals surface area contributed by atoms with Gasteiger partial charge in [-0.3, -0.25) is 14.3 Å². The molecule has 33 heavy (non-hydrogen) atoms. The molecule has 0 spiro atoms. The number of hydrogen-bond acceptors (Lipinski definition) is 4. The van der Waals surface area contributed by atoms with Crippen molar-refractivity contribution < 1.29 is 18.0 Å². The van der Waals surface area contributed by atoms with E-state index in [4.69, 9.17) is 0 Å². The van der Waals surface area contributed by atoms with E-state index in [0.29, 0.717) is 11.3 Å². The average molecular weight is 466 g/mol. The molecule has 172 valence electrons. The van der Waals surface area contributed by atoms with Crippen LogP contribution in [0, 0.1) is 6.92 Å². The number of nitrogens with one attached hydrogen (secondary N) is 3. The van der Waals surface area contributed by atoms with E-state index in [0.717, 1.165) is 12.0 Å². The smallest absolute Gasteiger partial charge is 0.261 e. The summed E-state index contributed by atoms with van der Waals surface area (Å²) in [6.07, 6.45) is 0.783. The van der Waals surface area contributed by atoms with Crippen molar-refractivity contribution in [2.75, 3.05) is 10.0 Å². The van der Waals surface area contributed by atoms with Crippen molar-refractivity contribution in [3.05, 3.63) is 89.5 Å². The average Bonchev–Trinajstić information content (AvgIpc) is 2.79. The highest BCUT2D eigenvalue weighted by atomic mass is 32.2. The van der Waals surface area contributed by atoms with Crippen molar-refractivity contribution >= 4 is 33.2 Å². The molecule has 0 saturated heterocycles. The van der Waals surface area contributed by atoms with Crippen LogP contribution >= 0.6 is 0 Å². The molecule has 0 fully saturated rings. The normalized spacial score (nSPS) is 12.0. The maximum Gasteiger partial charge on any atom is 0.261 e. The fourth-order valence-corrected chi connectivity index (χ4v) is 4.09. The van der Waals surface area contributed by atoms with Crippen molar-refractivity contribution in [3.63, 3.8) is 0 Å². The fraction of sp³-hybridized carbons (Fsp3) is 0.200. The molecule has 1 atom stereocenters. The van der Waals surface area contributed by atoms with Gasteiger partial charge in [-0.15, -0.1) is 0 Å². The highest BCUT2D eigenvalue weighted by Crippen LogP contribution is 2.20. The van der Waals surface area contributed by atoms with E-state index in [-0.39, 0.29) is 28.1 Å². The van der Waals surface area contributed by atoms with Gasteiger partial charge in [-0.25, -0.2) is 8.42 Å². The number of carbonyl (C=O) groups is 2. The molecule has 0 saturated carbocycles. The van der Waals surface area contributed by atoms with Crippen molar-refractivity contribution in [3.8, 4) is 0 Å². The standard InChI is InChI=1S/C25H27N3O4S/c1-4-18(3)26-25(30)22-10-5-6-11-23(22)27-24(29)19-8-7-9-20(16-19)28-33(31,32)21-14-12-17(2)13-15-21/h5-16,18,28H,4H2,1-3H3,(H,26,30)(H,27,29)/t18-/m0/s1. The Morgan fingerprint density at radius 2 is 1.61 bits per heavy atom. The third-order valence-electron chi connectivity index (χ3n) is 5.12. The van der Waals surface area contributed by atoms with E-state index in [1.807, 2.05) is 20.8 Å². The first-order chi connectivity index (χ1) is 15.7. The Kier molecular flexibility index (Phi) is 7.50. The van der Waals surface area contributed by atoms with Crippen LogP contribution in [-0.4, -0.2) is 26.3 Å². The quantitative estimate of drug-likeness (QED) is 0.453. The van der Waals surface area contributed by atoms with Gasteiger partial charge in [-0.1, -0.05) is 42.8 Å². The summed E-state index contributed by atoms with van der Waals surface area (Å²) in [7, 11) is -3.80. The molecule has 7 nitrogen and oxygen atoms in total. The minimum Gasteiger partial charge on any atom is -0.350 e. The maximum atomic E-state index is 12.9. The molecule has 3 rings (SSSR count). The highest BCUT2D eigenvalue weighted by molar-refractivity contribution is 7.92. The Hall–Kier alpha value is -3.65. The summed E-state index contributed by atoms with van der Waals surface area (Å²) in [6, 6.07) is 19.4. The summed E-state index contributed by atoms with van der Waals surface area (Å²) in [5.74, 6) is -0.741. The Morgan fingerprint density at radius 1 is 0.909 bits per heavy atom. The highest BCUT2D eigenvalue weighted by Gasteiger charge is 2.17. The molecule has 0 bridgehead atoms. The van der Waals surface area contributed by atoms with Crippen LogP contribution in [-0.2, 0) is 10.0 Å². The van der Waals surface area contributed by atoms with Crippen LogP contribution in [0.15, 0.2) is 77.7 Å². The number of aryl methyl sites for hydroxylation is 1. The number of benzene rings is 3. The second-order valence-corrected chi connectivity index (χ2v) is 9.46. The van der Waals surface area contributed by atoms with Crippen LogP contribution < -0.4 is 15.4 Å². The minimum atomic E-state index is -3.80. The van der Waals surface area contributed by atoms with Gasteiger partial charge in [0.1, 0.15) is 0 Å². The molecular formula is C25H27N3O4S. The molecule has 2 amide bonds. The van der Waals surface area contributed by atoms with Crippen LogP contribution in [0.2, 0.25) is 0 Å². The van der Waals surface area contributed by atoms with Crippen molar-refractivity contribution in [1.82, 2.24) is 5.32 Å². The molecule has 0 aliphatic rings. The molecule has 3 aromatic rings. The largest absolute Gasteiger partial charge is 0.350 e. The number of anilines is 2. The van der Waals surface area contributed by atoms with Crippen molar-refractivity contribution in [1.29, 1.82) is 0 Å². The van der Waals surface area contributed by atoms with Gasteiger partial charge in [0.05, 0.1) is 16.1 Å². The first-order valence-corrected chi connectivity index (χ1v) is 12.1. The maximum absolute atomic E-state index is 12.9. The van der Waals surface area contributed by atoms with Gasteiger partial charge in [-0.2, -0.15) is 0 Å². The third kappa shape index (κ3) is 6.20. The Bertz CT molecular complexity index is 1250. The molecule has 8 heteroatoms. The van der Waals surface area contributed by atoms with E-state index in [1.165, 1.54) is 18.2 Å². The van der Waals surface area contributed by atoms with E-state index < -0.39 is 15.9 Å². The van der Waals surface area contributed by atoms with Gasteiger partial charge in [0.2, 0.25) is 0 Å². The summed E-state index contributed by atoms with van der Waals surface area (Å²) in [6.45, 7) is 5.75. The zero-order chi connectivity index (χ0) is 24.0. The summed E-state index contributed by atoms with van der Waals surface area (Å²) in [5.41, 5.74) is 2.17. The van der Waals surface area contributed by atoms with E-state index >= 15 is 0 Å². The second-order valence-electron chi connectivity index (χ2n) is 7.78. The molecule has 0 aromatic heterocycles. The number of para-hydroxylation sites is 1. The minimum absolute atomic E-state index is 0.000470. The van der Waals surface area contributed by atoms with Gasteiger partial charge in [0, 0.05) is 17.3 Å². The molecule has 3 N–H and O–H groups in total. The van der Waals surface area contributed by atoms with Gasteiger partial charge in [-0.05, 0) is 62.7 Å². The third-order valence-corrected chi connectivity index (χ3v) is 6.52. The monoisotopic (exact) mass is 465 g/mol. The fourth-order valence-electron chi connectivity index (χ4n) is 3.04. The van der Waals surface area contributed by atoms with Crippen LogP contribution in [0.3, 0.4) is 0 Å². The Labute approximate surface area is 194 Å². The Balaban J connectivity index is 1.78. The number of sulfonamides is 1. The topological polar surface area (TPSA) is 104 Å². The predicted molar refractivity (Wildman–Crippen MR) is 130 cm³/mol. The van der Waals surface area contributed by atoms with Crippen molar-refractivity contribution in [2.45, 2.75) is 38.1 Å². The zero-order valence-corrected chi connectivity index (χ0v) is 19.6. The number of hydrogen-bond donors (Lipinski definition) is 3. The summed E-state index contributed by atoms with van der Waals surface area (Å²) in [5, 5.41) is 5.64. The van der Waals surface area contributed by atoms with Crippen LogP contribution in [0.25, 0.3) is 0 Å². The summed E-state index contributed by atoms with van der Waals surface area (Å²) < 4.78 is 27.8. The molecule has 3 aromatic carbocycles. The number of rotatable bonds is 8. The van der Waals surface area contributed by atoms with Gasteiger partial charge < -0.3 is 10.6 Å². The van der Waals surface area contributed by atoms with Crippen molar-refractivity contribution in [2.24, 2.45) is 0 Å². The summed E-state index contributed by atoms with van der Waals surface area (Å²) in [4.78, 5) is 25.6. The van der Waals surface area contributed by atoms with Gasteiger partial charge >= 0.3 is 0 Å². The lowest BCUT2D eigenvalue weighted by atomic mass is 10.1. The SMILES string of the molecule is CC[C@H](C)NC(=O)c1ccccc1NC(=O)c1cccc(NS(=O)(=O)c2ccc(C)cc2)c1. The number of carbonyl (C=O) groups excluding carboxylic acids is 2. The van der Waals surface area contributed by atoms with Crippen LogP contribution in [0.1, 0.15) is 46.5 Å². The molecule has 0 heterocycles. The van der Waals surface area contributed by atoms with E-state index in [1.54, 1.807) is 54.6 Å². The van der Waals surface area contributed by atoms with E-state index in [2.05, 4.69) is 15.4 Å². The van der Waals surface area contributed by atoms with Gasteiger partial charge in [0.15, 0.2) is 0 Å². The number of amides is 2.